The van der Waals surface area contributed by atoms with Gasteiger partial charge in [-0.2, -0.15) is 0 Å². The van der Waals surface area contributed by atoms with E-state index in [0.717, 1.165) is 32.5 Å². The molecule has 0 spiro atoms. The molecule has 0 bridgehead atoms. The Morgan fingerprint density at radius 1 is 0.456 bits per heavy atom. The van der Waals surface area contributed by atoms with E-state index in [1.165, 1.54) is 185 Å². The van der Waals surface area contributed by atoms with Gasteiger partial charge in [-0.05, 0) is 121 Å². The fraction of sp³-hybridized carbons (Fsp3) is 0.724. The van der Waals surface area contributed by atoms with Gasteiger partial charge >= 0.3 is 0 Å². The van der Waals surface area contributed by atoms with Gasteiger partial charge in [0, 0.05) is 38.9 Å². The van der Waals surface area contributed by atoms with Gasteiger partial charge in [-0.15, -0.1) is 0 Å². The van der Waals surface area contributed by atoms with Crippen molar-refractivity contribution >= 4 is 71.0 Å². The molecule has 1 heterocycles. The fourth-order valence-corrected chi connectivity index (χ4v) is 14.6. The van der Waals surface area contributed by atoms with Crippen molar-refractivity contribution in [2.45, 2.75) is 359 Å². The van der Waals surface area contributed by atoms with Crippen LogP contribution in [0.3, 0.4) is 0 Å². The molecule has 1 aliphatic rings. The molecule has 0 radical (unpaired) electrons. The lowest BCUT2D eigenvalue weighted by Crippen LogP contribution is -2.62. The van der Waals surface area contributed by atoms with E-state index in [1.807, 2.05) is 44.2 Å². The first-order chi connectivity index (χ1) is 54.7. The number of hydrogen-bond donors (Lipinski definition) is 13. The topological polar surface area (TPSA) is 442 Å². The summed E-state index contributed by atoms with van der Waals surface area (Å²) in [4.78, 5) is 152. The summed E-state index contributed by atoms with van der Waals surface area (Å²) < 4.78 is 0. The minimum absolute atomic E-state index is 0.0256. The molecule has 644 valence electrons. The van der Waals surface area contributed by atoms with E-state index in [-0.39, 0.29) is 101 Å². The number of hydrogen-bond acceptors (Lipinski definition) is 13. The van der Waals surface area contributed by atoms with Crippen LogP contribution in [0, 0.1) is 5.92 Å². The number of carbonyl (C=O) groups is 10. The fourth-order valence-electron chi connectivity index (χ4n) is 14.6. The van der Waals surface area contributed by atoms with E-state index in [2.05, 4.69) is 65.9 Å². The molecule has 27 nitrogen and oxygen atoms in total. The Balaban J connectivity index is 1.76. The van der Waals surface area contributed by atoms with Gasteiger partial charge in [-0.3, -0.25) is 57.9 Å². The van der Waals surface area contributed by atoms with Gasteiger partial charge in [0.1, 0.15) is 47.8 Å². The predicted molar refractivity (Wildman–Crippen MR) is 457 cm³/mol. The average Bonchev–Trinajstić information content (AvgIpc) is 1.60. The van der Waals surface area contributed by atoms with Crippen molar-refractivity contribution in [3.05, 3.63) is 71.8 Å². The molecule has 1 aliphatic heterocycles. The molecule has 0 aliphatic carbocycles. The summed E-state index contributed by atoms with van der Waals surface area (Å²) in [6, 6.07) is 8.78. The molecule has 2 aromatic carbocycles. The molecule has 4 unspecified atom stereocenters. The number of aliphatic imine (C=N–C) groups is 2. The Bertz CT molecular complexity index is 3100. The first kappa shape index (κ1) is 99.8. The number of nitrogens with one attached hydrogen (secondary N) is 7. The molecule has 1 fully saturated rings. The molecule has 3 rings (SSSR count). The number of amides is 10. The lowest BCUT2D eigenvalue weighted by Gasteiger charge is -2.31. The summed E-state index contributed by atoms with van der Waals surface area (Å²) in [6.07, 6.45) is 40.3. The second-order valence-corrected chi connectivity index (χ2v) is 32.5. The number of nitrogens with zero attached hydrogens (tertiary/aromatic N) is 4. The maximum absolute atomic E-state index is 15.0. The summed E-state index contributed by atoms with van der Waals surface area (Å²) >= 11 is 0. The van der Waals surface area contributed by atoms with Crippen LogP contribution >= 0.6 is 0 Å². The van der Waals surface area contributed by atoms with Crippen LogP contribution < -0.4 is 71.6 Å². The van der Waals surface area contributed by atoms with Crippen molar-refractivity contribution in [1.29, 1.82) is 0 Å². The number of guanidine groups is 2. The number of benzene rings is 2. The largest absolute Gasteiger partial charge is 0.370 e. The third-order valence-electron chi connectivity index (χ3n) is 21.3. The molecule has 114 heavy (non-hydrogen) atoms. The molecule has 19 N–H and O–H groups in total. The molecule has 7 atom stereocenters. The van der Waals surface area contributed by atoms with Crippen LogP contribution in [-0.2, 0) is 60.8 Å². The van der Waals surface area contributed by atoms with Gasteiger partial charge in [0.05, 0.1) is 6.42 Å². The molecule has 2 aromatic rings. The highest BCUT2D eigenvalue weighted by atomic mass is 16.2. The van der Waals surface area contributed by atoms with Gasteiger partial charge in [0.25, 0.3) is 0 Å². The number of likely N-dealkylation sites (tertiary alicyclic amines) is 1. The maximum atomic E-state index is 15.0. The summed E-state index contributed by atoms with van der Waals surface area (Å²) in [5, 5.41) is 19.6. The Kier molecular flexibility index (Phi) is 52.7. The van der Waals surface area contributed by atoms with E-state index in [9.17, 15) is 43.2 Å². The van der Waals surface area contributed by atoms with Crippen LogP contribution in [0.15, 0.2) is 70.6 Å². The van der Waals surface area contributed by atoms with Crippen molar-refractivity contribution in [1.82, 2.24) is 47.0 Å². The highest BCUT2D eigenvalue weighted by molar-refractivity contribution is 5.99. The van der Waals surface area contributed by atoms with Crippen LogP contribution in [-0.4, -0.2) is 168 Å². The third kappa shape index (κ3) is 45.7. The molecule has 1 saturated heterocycles. The summed E-state index contributed by atoms with van der Waals surface area (Å²) in [5.74, 6) is -7.92. The summed E-state index contributed by atoms with van der Waals surface area (Å²) in [7, 11) is 0. The SMILES string of the molecule is CCCCCCCCCCCCCCCCN(CCCCCCCCCCCCCCCC)CCCCCC(=O)NC(C)(C)C(=O)NC(Cc1ccccc1)C(=O)N[C@@H](CC(C)C)C(=O)NC(Cc1ccccc1)C(=O)N[C@@H](CCCN=C(N)N)C(=O)N1CCCC1C(=O)N[C@@H](CCCN=C(N)N)C(=O)NC(CC(N)=O)C(N)=O. The number of nitrogens with two attached hydrogens (primary N) is 6. The zero-order valence-corrected chi connectivity index (χ0v) is 70.7. The van der Waals surface area contributed by atoms with Crippen molar-refractivity contribution in [3.8, 4) is 0 Å². The first-order valence-corrected chi connectivity index (χ1v) is 43.7. The Morgan fingerprint density at radius 3 is 1.25 bits per heavy atom. The highest BCUT2D eigenvalue weighted by Gasteiger charge is 2.41. The quantitative estimate of drug-likeness (QED) is 0.0166. The second-order valence-electron chi connectivity index (χ2n) is 32.5. The molecular weight excluding hydrogens is 1440 g/mol. The number of carbonyl (C=O) groups excluding carboxylic acids is 10. The Labute approximate surface area is 683 Å². The zero-order valence-electron chi connectivity index (χ0n) is 70.7. The highest BCUT2D eigenvalue weighted by Crippen LogP contribution is 2.23. The summed E-state index contributed by atoms with van der Waals surface area (Å²) in [5.41, 5.74) is 33.1. The van der Waals surface area contributed by atoms with Crippen LogP contribution in [0.25, 0.3) is 0 Å². The number of rotatable bonds is 67. The monoisotopic (exact) mass is 1590 g/mol. The van der Waals surface area contributed by atoms with E-state index in [1.54, 1.807) is 44.2 Å². The molecular formula is C87H151N17O10. The van der Waals surface area contributed by atoms with Gasteiger partial charge in [-0.25, -0.2) is 0 Å². The Morgan fingerprint density at radius 2 is 0.833 bits per heavy atom. The van der Waals surface area contributed by atoms with Gasteiger partial charge in [0.15, 0.2) is 11.9 Å². The van der Waals surface area contributed by atoms with Crippen molar-refractivity contribution in [3.63, 3.8) is 0 Å². The van der Waals surface area contributed by atoms with Crippen LogP contribution in [0.5, 0.6) is 0 Å². The normalized spacial score (nSPS) is 14.4. The maximum Gasteiger partial charge on any atom is 0.245 e. The van der Waals surface area contributed by atoms with Gasteiger partial charge in [0.2, 0.25) is 59.1 Å². The smallest absolute Gasteiger partial charge is 0.245 e. The summed E-state index contributed by atoms with van der Waals surface area (Å²) in [6.45, 7) is 14.9. The lowest BCUT2D eigenvalue weighted by molar-refractivity contribution is -0.142. The molecule has 0 aromatic heterocycles. The second kappa shape index (κ2) is 60.2. The predicted octanol–water partition coefficient (Wildman–Crippen LogP) is 9.61. The van der Waals surface area contributed by atoms with E-state index in [4.69, 9.17) is 34.4 Å². The standard InChI is InChI=1S/C87H151N17O10/c1-7-9-11-13-15-17-19-21-23-25-27-29-31-41-57-103(58-42-32-30-28-26-24-22-20-18-16-14-12-10-8-2)59-43-35-40-54-76(106)102-87(5,6)84(114)101-73(63-67-49-38-34-39-50-67)81(111)99-71(61-65(3)4)79(109)100-72(62-66-47-36-33-37-48-66)80(110)97-69(52-45-56-95-86(92)93)83(113)104-60-46-53-74(104)82(112)96-68(51-44-55-94-85(90)91)78(108)98-70(77(89)107)64-75(88)105/h33-34,36-39,47-50,65,68-74H,7-32,35,40-46,51-64H2,1-6H3,(H2,88,105)(H2,89,107)(H,96,112)(H,97,110)(H,98,108)(H,99,111)(H,100,109)(H,101,114)(H,102,106)(H4,90,91,94)(H4,92,93,95)/t68-,69-,70?,71-,72?,73?,74?/m0/s1. The first-order valence-electron chi connectivity index (χ1n) is 43.7. The van der Waals surface area contributed by atoms with E-state index >= 15 is 4.79 Å². The van der Waals surface area contributed by atoms with Gasteiger partial charge < -0.3 is 81.4 Å². The molecule has 0 saturated carbocycles. The van der Waals surface area contributed by atoms with Crippen molar-refractivity contribution < 1.29 is 47.9 Å². The minimum Gasteiger partial charge on any atom is -0.370 e. The van der Waals surface area contributed by atoms with E-state index in [0.29, 0.717) is 24.0 Å². The van der Waals surface area contributed by atoms with Crippen molar-refractivity contribution in [2.24, 2.45) is 50.3 Å². The zero-order chi connectivity index (χ0) is 83.7. The average molecular weight is 1600 g/mol. The molecule has 27 heteroatoms. The third-order valence-corrected chi connectivity index (χ3v) is 21.3. The minimum atomic E-state index is -1.50. The Hall–Kier alpha value is -8.36. The lowest BCUT2D eigenvalue weighted by atomic mass is 9.98. The molecule has 10 amide bonds. The van der Waals surface area contributed by atoms with E-state index < -0.39 is 107 Å². The van der Waals surface area contributed by atoms with Crippen LogP contribution in [0.2, 0.25) is 0 Å². The van der Waals surface area contributed by atoms with Gasteiger partial charge in [-0.1, -0.05) is 262 Å². The van der Waals surface area contributed by atoms with Crippen LogP contribution in [0.1, 0.15) is 310 Å². The van der Waals surface area contributed by atoms with Crippen LogP contribution in [0.4, 0.5) is 0 Å². The number of primary amides is 2. The van der Waals surface area contributed by atoms with Crippen molar-refractivity contribution in [2.75, 3.05) is 39.3 Å². The number of unbranched alkanes of at least 4 members (excludes halogenated alkanes) is 28.